The predicted molar refractivity (Wildman–Crippen MR) is 100 cm³/mol. The Balaban J connectivity index is 1.43. The number of anilines is 1. The molecule has 0 unspecified atom stereocenters. The highest BCUT2D eigenvalue weighted by atomic mass is 19.2. The zero-order chi connectivity index (χ0) is 19.5. The molecule has 0 atom stereocenters. The number of amides is 1. The largest absolute Gasteiger partial charge is 0.356 e. The summed E-state index contributed by atoms with van der Waals surface area (Å²) in [5.41, 5.74) is 0.775. The lowest BCUT2D eigenvalue weighted by Gasteiger charge is -2.27. The fourth-order valence-electron chi connectivity index (χ4n) is 3.42. The van der Waals surface area contributed by atoms with Crippen LogP contribution in [0.4, 0.5) is 14.6 Å². The molecule has 1 N–H and O–H groups in total. The molecular formula is C19H20F2N6O. The van der Waals surface area contributed by atoms with Crippen LogP contribution in [-0.2, 0) is 6.54 Å². The Kier molecular flexibility index (Phi) is 5.14. The van der Waals surface area contributed by atoms with E-state index in [0.717, 1.165) is 49.3 Å². The third-order valence-corrected chi connectivity index (χ3v) is 4.86. The van der Waals surface area contributed by atoms with Gasteiger partial charge in [-0.25, -0.2) is 23.4 Å². The summed E-state index contributed by atoms with van der Waals surface area (Å²) in [5.74, 6) is -1.61. The lowest BCUT2D eigenvalue weighted by molar-refractivity contribution is 0.0951. The number of hydrogen-bond donors (Lipinski definition) is 1. The highest BCUT2D eigenvalue weighted by Crippen LogP contribution is 2.25. The van der Waals surface area contributed by atoms with Gasteiger partial charge < -0.3 is 10.2 Å². The van der Waals surface area contributed by atoms with Crippen molar-refractivity contribution < 1.29 is 13.6 Å². The van der Waals surface area contributed by atoms with Gasteiger partial charge in [0.15, 0.2) is 17.3 Å². The van der Waals surface area contributed by atoms with Gasteiger partial charge in [0, 0.05) is 25.2 Å². The molecule has 0 bridgehead atoms. The van der Waals surface area contributed by atoms with Crippen molar-refractivity contribution in [2.75, 3.05) is 24.5 Å². The molecule has 1 aliphatic heterocycles. The van der Waals surface area contributed by atoms with Crippen molar-refractivity contribution in [1.29, 1.82) is 0 Å². The van der Waals surface area contributed by atoms with Crippen LogP contribution in [0.1, 0.15) is 29.6 Å². The summed E-state index contributed by atoms with van der Waals surface area (Å²) in [7, 11) is 0. The molecule has 1 amide bonds. The zero-order valence-electron chi connectivity index (χ0n) is 15.2. The first-order valence-corrected chi connectivity index (χ1v) is 9.28. The van der Waals surface area contributed by atoms with E-state index in [4.69, 9.17) is 0 Å². The molecule has 0 spiro atoms. The molecule has 28 heavy (non-hydrogen) atoms. The van der Waals surface area contributed by atoms with Crippen LogP contribution >= 0.6 is 0 Å². The minimum absolute atomic E-state index is 0.0685. The van der Waals surface area contributed by atoms with E-state index in [2.05, 4.69) is 25.3 Å². The summed E-state index contributed by atoms with van der Waals surface area (Å²) >= 11 is 0. The van der Waals surface area contributed by atoms with Crippen LogP contribution in [0.2, 0.25) is 0 Å². The van der Waals surface area contributed by atoms with Crippen molar-refractivity contribution in [3.63, 3.8) is 0 Å². The summed E-state index contributed by atoms with van der Waals surface area (Å²) in [4.78, 5) is 23.1. The third-order valence-electron chi connectivity index (χ3n) is 4.86. The lowest BCUT2D eigenvalue weighted by atomic mass is 10.1. The van der Waals surface area contributed by atoms with E-state index in [9.17, 15) is 13.6 Å². The molecule has 146 valence electrons. The minimum atomic E-state index is -1.05. The smallest absolute Gasteiger partial charge is 0.251 e. The van der Waals surface area contributed by atoms with E-state index in [1.807, 2.05) is 0 Å². The average molecular weight is 386 g/mol. The van der Waals surface area contributed by atoms with E-state index in [1.165, 1.54) is 18.8 Å². The summed E-state index contributed by atoms with van der Waals surface area (Å²) in [6.07, 6.45) is 6.81. The fraction of sp³-hybridized carbons (Fsp3) is 0.368. The van der Waals surface area contributed by atoms with Crippen LogP contribution in [0.3, 0.4) is 0 Å². The standard InChI is InChI=1S/C19H20F2N6O/c20-15-5-4-13(10-16(15)21)19(28)22-6-9-27-18-14(11-25-27)17(23-12-24-18)26-7-2-1-3-8-26/h4-5,10-12H,1-3,6-9H2,(H,22,28). The molecule has 4 rings (SSSR count). The summed E-state index contributed by atoms with van der Waals surface area (Å²) in [6.45, 7) is 2.62. The van der Waals surface area contributed by atoms with Gasteiger partial charge in [-0.15, -0.1) is 0 Å². The topological polar surface area (TPSA) is 75.9 Å². The van der Waals surface area contributed by atoms with Crippen LogP contribution in [-0.4, -0.2) is 45.3 Å². The number of carbonyl (C=O) groups is 1. The maximum Gasteiger partial charge on any atom is 0.251 e. The highest BCUT2D eigenvalue weighted by molar-refractivity contribution is 5.94. The maximum atomic E-state index is 13.3. The van der Waals surface area contributed by atoms with Gasteiger partial charge in [-0.3, -0.25) is 4.79 Å². The van der Waals surface area contributed by atoms with Gasteiger partial charge in [-0.05, 0) is 37.5 Å². The molecule has 9 heteroatoms. The average Bonchev–Trinajstić information content (AvgIpc) is 3.14. The first-order valence-electron chi connectivity index (χ1n) is 9.28. The molecule has 0 saturated carbocycles. The van der Waals surface area contributed by atoms with Gasteiger partial charge in [0.2, 0.25) is 0 Å². The Morgan fingerprint density at radius 3 is 2.71 bits per heavy atom. The fourth-order valence-corrected chi connectivity index (χ4v) is 3.42. The normalized spacial score (nSPS) is 14.4. The Hall–Kier alpha value is -3.10. The van der Waals surface area contributed by atoms with E-state index < -0.39 is 17.5 Å². The van der Waals surface area contributed by atoms with Gasteiger partial charge in [-0.2, -0.15) is 5.10 Å². The van der Waals surface area contributed by atoms with Gasteiger partial charge in [0.25, 0.3) is 5.91 Å². The van der Waals surface area contributed by atoms with Crippen LogP contribution < -0.4 is 10.2 Å². The van der Waals surface area contributed by atoms with Crippen molar-refractivity contribution in [1.82, 2.24) is 25.1 Å². The van der Waals surface area contributed by atoms with Crippen molar-refractivity contribution in [3.8, 4) is 0 Å². The van der Waals surface area contributed by atoms with Gasteiger partial charge in [0.1, 0.15) is 12.1 Å². The third kappa shape index (κ3) is 3.64. The Morgan fingerprint density at radius 2 is 1.93 bits per heavy atom. The Morgan fingerprint density at radius 1 is 1.11 bits per heavy atom. The minimum Gasteiger partial charge on any atom is -0.356 e. The molecule has 1 aromatic carbocycles. The van der Waals surface area contributed by atoms with Crippen LogP contribution in [0.15, 0.2) is 30.7 Å². The van der Waals surface area contributed by atoms with Crippen molar-refractivity contribution in [3.05, 3.63) is 47.9 Å². The summed E-state index contributed by atoms with van der Waals surface area (Å²) < 4.78 is 27.9. The Bertz CT molecular complexity index is 999. The number of rotatable bonds is 5. The van der Waals surface area contributed by atoms with Crippen LogP contribution in [0.25, 0.3) is 11.0 Å². The molecule has 1 fully saturated rings. The molecule has 3 heterocycles. The molecule has 7 nitrogen and oxygen atoms in total. The number of aromatic nitrogens is 4. The molecule has 1 aliphatic rings. The number of nitrogens with one attached hydrogen (secondary N) is 1. The van der Waals surface area contributed by atoms with Crippen molar-refractivity contribution in [2.45, 2.75) is 25.8 Å². The van der Waals surface area contributed by atoms with E-state index in [-0.39, 0.29) is 12.1 Å². The van der Waals surface area contributed by atoms with E-state index in [1.54, 1.807) is 10.9 Å². The maximum absolute atomic E-state index is 13.3. The second kappa shape index (κ2) is 7.87. The van der Waals surface area contributed by atoms with Gasteiger partial charge in [-0.1, -0.05) is 0 Å². The summed E-state index contributed by atoms with van der Waals surface area (Å²) in [6, 6.07) is 3.06. The number of benzene rings is 1. The first-order chi connectivity index (χ1) is 13.6. The quantitative estimate of drug-likeness (QED) is 0.729. The number of carbonyl (C=O) groups excluding carboxylic acids is 1. The van der Waals surface area contributed by atoms with Crippen LogP contribution in [0, 0.1) is 11.6 Å². The number of halogens is 2. The molecule has 0 aliphatic carbocycles. The molecule has 0 radical (unpaired) electrons. The lowest BCUT2D eigenvalue weighted by Crippen LogP contribution is -2.30. The first kappa shape index (κ1) is 18.3. The second-order valence-electron chi connectivity index (χ2n) is 6.73. The SMILES string of the molecule is O=C(NCCn1ncc2c(N3CCCCC3)ncnc21)c1ccc(F)c(F)c1. The Labute approximate surface area is 160 Å². The number of fused-ring (bicyclic) bond motifs is 1. The molecule has 1 saturated heterocycles. The molecular weight excluding hydrogens is 366 g/mol. The number of nitrogens with zero attached hydrogens (tertiary/aromatic N) is 5. The second-order valence-corrected chi connectivity index (χ2v) is 6.73. The van der Waals surface area contributed by atoms with Crippen molar-refractivity contribution in [2.24, 2.45) is 0 Å². The number of hydrogen-bond acceptors (Lipinski definition) is 5. The van der Waals surface area contributed by atoms with Crippen LogP contribution in [0.5, 0.6) is 0 Å². The van der Waals surface area contributed by atoms with E-state index >= 15 is 0 Å². The van der Waals surface area contributed by atoms with Crippen molar-refractivity contribution >= 4 is 22.8 Å². The predicted octanol–water partition coefficient (Wildman–Crippen LogP) is 2.52. The van der Waals surface area contributed by atoms with E-state index in [0.29, 0.717) is 12.2 Å². The molecule has 3 aromatic rings. The molecule has 2 aromatic heterocycles. The van der Waals surface area contributed by atoms with Gasteiger partial charge in [0.05, 0.1) is 18.1 Å². The van der Waals surface area contributed by atoms with Gasteiger partial charge >= 0.3 is 0 Å². The zero-order valence-corrected chi connectivity index (χ0v) is 15.2. The highest BCUT2D eigenvalue weighted by Gasteiger charge is 2.17. The summed E-state index contributed by atoms with van der Waals surface area (Å²) in [5, 5.41) is 7.94. The monoisotopic (exact) mass is 386 g/mol. The number of piperidine rings is 1.